The van der Waals surface area contributed by atoms with Crippen LogP contribution in [0.3, 0.4) is 0 Å². The first-order valence-corrected chi connectivity index (χ1v) is 8.86. The Balaban J connectivity index is 2.78. The first kappa shape index (κ1) is 20.6. The van der Waals surface area contributed by atoms with Gasteiger partial charge in [-0.3, -0.25) is 19.7 Å². The zero-order chi connectivity index (χ0) is 18.7. The summed E-state index contributed by atoms with van der Waals surface area (Å²) in [5.74, 6) is -0.398. The molecule has 0 spiro atoms. The van der Waals surface area contributed by atoms with E-state index in [0.29, 0.717) is 18.5 Å². The number of rotatable bonds is 11. The predicted octanol–water partition coefficient (Wildman–Crippen LogP) is 4.63. The number of benzene rings is 1. The van der Waals surface area contributed by atoms with E-state index in [1.807, 2.05) is 6.92 Å². The quantitative estimate of drug-likeness (QED) is 0.345. The summed E-state index contributed by atoms with van der Waals surface area (Å²) in [5.41, 5.74) is 0.363. The normalized spacial score (nSPS) is 10.3. The highest BCUT2D eigenvalue weighted by Crippen LogP contribution is 2.28. The summed E-state index contributed by atoms with van der Waals surface area (Å²) in [4.78, 5) is 34.4. The van der Waals surface area contributed by atoms with Crippen LogP contribution in [0.25, 0.3) is 0 Å². The minimum Gasteiger partial charge on any atom is -0.326 e. The molecular formula is C18H27N3O4. The largest absolute Gasteiger partial charge is 0.326 e. The van der Waals surface area contributed by atoms with Gasteiger partial charge < -0.3 is 10.6 Å². The van der Waals surface area contributed by atoms with Gasteiger partial charge in [-0.1, -0.05) is 39.5 Å². The van der Waals surface area contributed by atoms with Gasteiger partial charge in [-0.25, -0.2) is 0 Å². The SMILES string of the molecule is CCCCCC(=O)Nc1ccc([N+](=O)[O-])c(NC(=O)CCCCC)c1. The average Bonchev–Trinajstić information content (AvgIpc) is 2.55. The zero-order valence-electron chi connectivity index (χ0n) is 15.0. The van der Waals surface area contributed by atoms with Crippen LogP contribution in [0.15, 0.2) is 18.2 Å². The van der Waals surface area contributed by atoms with Crippen LogP contribution >= 0.6 is 0 Å². The van der Waals surface area contributed by atoms with Gasteiger partial charge in [0.1, 0.15) is 5.69 Å². The molecule has 2 N–H and O–H groups in total. The van der Waals surface area contributed by atoms with Crippen LogP contribution in [0.4, 0.5) is 17.1 Å². The Morgan fingerprint density at radius 1 is 0.960 bits per heavy atom. The zero-order valence-corrected chi connectivity index (χ0v) is 15.0. The number of nitrogens with one attached hydrogen (secondary N) is 2. The van der Waals surface area contributed by atoms with Crippen molar-refractivity contribution in [1.29, 1.82) is 0 Å². The van der Waals surface area contributed by atoms with Gasteiger partial charge in [0, 0.05) is 24.6 Å². The molecule has 0 bridgehead atoms. The van der Waals surface area contributed by atoms with Crippen LogP contribution in [-0.2, 0) is 9.59 Å². The number of anilines is 2. The van der Waals surface area contributed by atoms with E-state index in [2.05, 4.69) is 17.6 Å². The second kappa shape index (κ2) is 11.2. The van der Waals surface area contributed by atoms with E-state index in [1.165, 1.54) is 18.2 Å². The topological polar surface area (TPSA) is 101 Å². The second-order valence-corrected chi connectivity index (χ2v) is 6.00. The number of carbonyl (C=O) groups excluding carboxylic acids is 2. The lowest BCUT2D eigenvalue weighted by molar-refractivity contribution is -0.383. The monoisotopic (exact) mass is 349 g/mol. The molecule has 0 fully saturated rings. The fourth-order valence-corrected chi connectivity index (χ4v) is 2.38. The van der Waals surface area contributed by atoms with Crippen LogP contribution in [-0.4, -0.2) is 16.7 Å². The molecule has 0 aromatic heterocycles. The Kier molecular flexibility index (Phi) is 9.21. The summed E-state index contributed by atoms with van der Waals surface area (Å²) in [5, 5.41) is 16.4. The van der Waals surface area contributed by atoms with Crippen molar-refractivity contribution in [3.8, 4) is 0 Å². The maximum Gasteiger partial charge on any atom is 0.292 e. The van der Waals surface area contributed by atoms with Gasteiger partial charge in [0.2, 0.25) is 11.8 Å². The summed E-state index contributed by atoms with van der Waals surface area (Å²) in [6.07, 6.45) is 6.20. The molecule has 0 unspecified atom stereocenters. The molecule has 1 rings (SSSR count). The smallest absolute Gasteiger partial charge is 0.292 e. The van der Waals surface area contributed by atoms with E-state index in [4.69, 9.17) is 0 Å². The molecule has 0 aliphatic heterocycles. The average molecular weight is 349 g/mol. The van der Waals surface area contributed by atoms with Gasteiger partial charge >= 0.3 is 0 Å². The third-order valence-corrected chi connectivity index (χ3v) is 3.77. The number of unbranched alkanes of at least 4 members (excludes halogenated alkanes) is 4. The van der Waals surface area contributed by atoms with E-state index in [9.17, 15) is 19.7 Å². The number of nitro benzene ring substituents is 1. The number of carbonyl (C=O) groups is 2. The Labute approximate surface area is 148 Å². The van der Waals surface area contributed by atoms with E-state index >= 15 is 0 Å². The lowest BCUT2D eigenvalue weighted by atomic mass is 10.1. The molecule has 0 aliphatic carbocycles. The van der Waals surface area contributed by atoms with Crippen molar-refractivity contribution in [3.05, 3.63) is 28.3 Å². The van der Waals surface area contributed by atoms with Gasteiger partial charge in [0.05, 0.1) is 4.92 Å². The molecule has 1 aromatic rings. The summed E-state index contributed by atoms with van der Waals surface area (Å²) in [7, 11) is 0. The molecule has 138 valence electrons. The molecular weight excluding hydrogens is 322 g/mol. The van der Waals surface area contributed by atoms with E-state index in [1.54, 1.807) is 0 Å². The molecule has 2 amide bonds. The van der Waals surface area contributed by atoms with Crippen molar-refractivity contribution in [2.45, 2.75) is 65.2 Å². The Morgan fingerprint density at radius 2 is 1.52 bits per heavy atom. The number of amides is 2. The maximum absolute atomic E-state index is 11.9. The molecule has 0 saturated heterocycles. The lowest BCUT2D eigenvalue weighted by Gasteiger charge is -2.10. The standard InChI is InChI=1S/C18H27N3O4/c1-3-5-7-9-17(22)19-14-11-12-16(21(24)25)15(13-14)20-18(23)10-8-6-4-2/h11-13H,3-10H2,1-2H3,(H,19,22)(H,20,23). The Morgan fingerprint density at radius 3 is 2.04 bits per heavy atom. The number of nitro groups is 1. The van der Waals surface area contributed by atoms with Gasteiger partial charge in [-0.15, -0.1) is 0 Å². The third kappa shape index (κ3) is 7.78. The Bertz CT molecular complexity index is 602. The second-order valence-electron chi connectivity index (χ2n) is 6.00. The van der Waals surface area contributed by atoms with E-state index < -0.39 is 4.92 Å². The molecule has 0 radical (unpaired) electrons. The van der Waals surface area contributed by atoms with Crippen molar-refractivity contribution in [1.82, 2.24) is 0 Å². The first-order valence-electron chi connectivity index (χ1n) is 8.86. The van der Waals surface area contributed by atoms with Crippen molar-refractivity contribution in [3.63, 3.8) is 0 Å². The van der Waals surface area contributed by atoms with Gasteiger partial charge in [0.15, 0.2) is 0 Å². The molecule has 0 saturated carbocycles. The van der Waals surface area contributed by atoms with Crippen LogP contribution in [0, 0.1) is 10.1 Å². The first-order chi connectivity index (χ1) is 12.0. The summed E-state index contributed by atoms with van der Waals surface area (Å²) < 4.78 is 0. The van der Waals surface area contributed by atoms with Crippen molar-refractivity contribution < 1.29 is 14.5 Å². The van der Waals surface area contributed by atoms with Gasteiger partial charge in [-0.05, 0) is 25.0 Å². The lowest BCUT2D eigenvalue weighted by Crippen LogP contribution is -2.14. The maximum atomic E-state index is 11.9. The summed E-state index contributed by atoms with van der Waals surface area (Å²) in [6, 6.07) is 4.21. The molecule has 1 aromatic carbocycles. The van der Waals surface area contributed by atoms with Crippen LogP contribution in [0.5, 0.6) is 0 Å². The van der Waals surface area contributed by atoms with Gasteiger partial charge in [0.25, 0.3) is 5.69 Å². The molecule has 0 atom stereocenters. The van der Waals surface area contributed by atoms with Crippen LogP contribution in [0.1, 0.15) is 65.2 Å². The highest BCUT2D eigenvalue weighted by molar-refractivity contribution is 5.96. The van der Waals surface area contributed by atoms with Crippen LogP contribution in [0.2, 0.25) is 0 Å². The fourth-order valence-electron chi connectivity index (χ4n) is 2.38. The number of nitrogens with zero attached hydrogens (tertiary/aromatic N) is 1. The van der Waals surface area contributed by atoms with Crippen molar-refractivity contribution >= 4 is 28.9 Å². The van der Waals surface area contributed by atoms with Gasteiger partial charge in [-0.2, -0.15) is 0 Å². The highest BCUT2D eigenvalue weighted by Gasteiger charge is 2.17. The molecule has 7 heteroatoms. The predicted molar refractivity (Wildman–Crippen MR) is 98.6 cm³/mol. The number of hydrogen-bond acceptors (Lipinski definition) is 4. The highest BCUT2D eigenvalue weighted by atomic mass is 16.6. The third-order valence-electron chi connectivity index (χ3n) is 3.77. The van der Waals surface area contributed by atoms with E-state index in [-0.39, 0.29) is 23.2 Å². The van der Waals surface area contributed by atoms with Crippen LogP contribution < -0.4 is 10.6 Å². The molecule has 25 heavy (non-hydrogen) atoms. The molecule has 0 heterocycles. The number of hydrogen-bond donors (Lipinski definition) is 2. The Hall–Kier alpha value is -2.44. The summed E-state index contributed by atoms with van der Waals surface area (Å²) in [6.45, 7) is 4.10. The fraction of sp³-hybridized carbons (Fsp3) is 0.556. The van der Waals surface area contributed by atoms with Crippen molar-refractivity contribution in [2.75, 3.05) is 10.6 Å². The molecule has 7 nitrogen and oxygen atoms in total. The minimum absolute atomic E-state index is 0.109. The van der Waals surface area contributed by atoms with E-state index in [0.717, 1.165) is 38.5 Å². The van der Waals surface area contributed by atoms with Crippen molar-refractivity contribution in [2.24, 2.45) is 0 Å². The minimum atomic E-state index is -0.547. The molecule has 0 aliphatic rings. The summed E-state index contributed by atoms with van der Waals surface area (Å²) >= 11 is 0.